The second kappa shape index (κ2) is 9.36. The predicted octanol–water partition coefficient (Wildman–Crippen LogP) is 4.94. The number of hydrogen-bond acceptors (Lipinski definition) is 4. The second-order valence-electron chi connectivity index (χ2n) is 6.90. The molecule has 30 heavy (non-hydrogen) atoms. The van der Waals surface area contributed by atoms with E-state index in [1.165, 1.54) is 10.6 Å². The standard InChI is InChI=1S/C23H24N2O3S2/c1-17-8-4-5-9-19(17)16-25(30(3,27)28)20-14-12-18(13-15-20)23(26)24-21-10-6-7-11-22(21)29-2/h4-15H,16H2,1-3H3,(H,24,26). The van der Waals surface area contributed by atoms with Gasteiger partial charge in [0.1, 0.15) is 0 Å². The lowest BCUT2D eigenvalue weighted by atomic mass is 10.1. The Morgan fingerprint density at radius 1 is 0.967 bits per heavy atom. The Labute approximate surface area is 182 Å². The zero-order chi connectivity index (χ0) is 21.7. The molecule has 7 heteroatoms. The highest BCUT2D eigenvalue weighted by Crippen LogP contribution is 2.26. The molecular formula is C23H24N2O3S2. The molecule has 3 aromatic rings. The Morgan fingerprint density at radius 3 is 2.23 bits per heavy atom. The molecule has 0 atom stereocenters. The zero-order valence-electron chi connectivity index (χ0n) is 17.1. The highest BCUT2D eigenvalue weighted by molar-refractivity contribution is 7.98. The molecule has 0 heterocycles. The molecule has 156 valence electrons. The van der Waals surface area contributed by atoms with Crippen molar-refractivity contribution < 1.29 is 13.2 Å². The van der Waals surface area contributed by atoms with Crippen molar-refractivity contribution in [2.24, 2.45) is 0 Å². The third kappa shape index (κ3) is 5.23. The van der Waals surface area contributed by atoms with Crippen molar-refractivity contribution >= 4 is 39.1 Å². The van der Waals surface area contributed by atoms with Crippen LogP contribution in [0.3, 0.4) is 0 Å². The van der Waals surface area contributed by atoms with E-state index in [1.807, 2.05) is 61.7 Å². The maximum atomic E-state index is 12.6. The first-order valence-corrected chi connectivity index (χ1v) is 12.4. The summed E-state index contributed by atoms with van der Waals surface area (Å²) in [6, 6.07) is 21.9. The lowest BCUT2D eigenvalue weighted by Crippen LogP contribution is -2.29. The van der Waals surface area contributed by atoms with Crippen LogP contribution in [0.4, 0.5) is 11.4 Å². The first kappa shape index (κ1) is 21.9. The minimum Gasteiger partial charge on any atom is -0.321 e. The normalized spacial score (nSPS) is 11.2. The van der Waals surface area contributed by atoms with Crippen molar-refractivity contribution in [1.82, 2.24) is 0 Å². The van der Waals surface area contributed by atoms with Crippen molar-refractivity contribution in [2.75, 3.05) is 22.1 Å². The van der Waals surface area contributed by atoms with E-state index in [1.54, 1.807) is 36.0 Å². The molecule has 3 aromatic carbocycles. The number of rotatable bonds is 7. The summed E-state index contributed by atoms with van der Waals surface area (Å²) in [6.07, 6.45) is 3.14. The van der Waals surface area contributed by atoms with Crippen molar-refractivity contribution in [3.05, 3.63) is 89.5 Å². The van der Waals surface area contributed by atoms with E-state index in [2.05, 4.69) is 5.32 Å². The highest BCUT2D eigenvalue weighted by Gasteiger charge is 2.19. The fourth-order valence-electron chi connectivity index (χ4n) is 3.06. The zero-order valence-corrected chi connectivity index (χ0v) is 18.8. The van der Waals surface area contributed by atoms with Gasteiger partial charge in [-0.05, 0) is 60.7 Å². The molecule has 0 aliphatic carbocycles. The Morgan fingerprint density at radius 2 is 1.60 bits per heavy atom. The molecular weight excluding hydrogens is 416 g/mol. The second-order valence-corrected chi connectivity index (χ2v) is 9.65. The molecule has 0 aromatic heterocycles. The maximum absolute atomic E-state index is 12.6. The lowest BCUT2D eigenvalue weighted by molar-refractivity contribution is 0.102. The summed E-state index contributed by atoms with van der Waals surface area (Å²) >= 11 is 1.56. The van der Waals surface area contributed by atoms with E-state index >= 15 is 0 Å². The van der Waals surface area contributed by atoms with Crippen LogP contribution >= 0.6 is 11.8 Å². The van der Waals surface area contributed by atoms with Crippen LogP contribution in [-0.4, -0.2) is 26.8 Å². The van der Waals surface area contributed by atoms with Gasteiger partial charge in [0.25, 0.3) is 5.91 Å². The summed E-state index contributed by atoms with van der Waals surface area (Å²) in [5, 5.41) is 2.91. The Balaban J connectivity index is 1.83. The van der Waals surface area contributed by atoms with Gasteiger partial charge in [-0.3, -0.25) is 9.10 Å². The first-order chi connectivity index (χ1) is 14.3. The molecule has 0 spiro atoms. The summed E-state index contributed by atoms with van der Waals surface area (Å²) in [5.41, 5.74) is 3.67. The highest BCUT2D eigenvalue weighted by atomic mass is 32.2. The molecule has 3 rings (SSSR count). The number of sulfonamides is 1. The van der Waals surface area contributed by atoms with Crippen LogP contribution in [0.2, 0.25) is 0 Å². The van der Waals surface area contributed by atoms with E-state index < -0.39 is 10.0 Å². The summed E-state index contributed by atoms with van der Waals surface area (Å²) in [7, 11) is -3.49. The number of benzene rings is 3. The molecule has 0 aliphatic heterocycles. The van der Waals surface area contributed by atoms with Gasteiger partial charge in [-0.1, -0.05) is 36.4 Å². The maximum Gasteiger partial charge on any atom is 0.255 e. The average molecular weight is 441 g/mol. The quantitative estimate of drug-likeness (QED) is 0.529. The minimum absolute atomic E-state index is 0.234. The molecule has 5 nitrogen and oxygen atoms in total. The van der Waals surface area contributed by atoms with Crippen molar-refractivity contribution in [2.45, 2.75) is 18.4 Å². The molecule has 1 N–H and O–H groups in total. The van der Waals surface area contributed by atoms with Gasteiger partial charge in [-0.15, -0.1) is 11.8 Å². The van der Waals surface area contributed by atoms with Gasteiger partial charge in [0.15, 0.2) is 0 Å². The van der Waals surface area contributed by atoms with Crippen LogP contribution in [0.15, 0.2) is 77.7 Å². The van der Waals surface area contributed by atoms with Crippen LogP contribution in [0.1, 0.15) is 21.5 Å². The molecule has 0 saturated heterocycles. The van der Waals surface area contributed by atoms with Gasteiger partial charge in [-0.2, -0.15) is 0 Å². The van der Waals surface area contributed by atoms with Crippen molar-refractivity contribution in [1.29, 1.82) is 0 Å². The van der Waals surface area contributed by atoms with Crippen LogP contribution < -0.4 is 9.62 Å². The van der Waals surface area contributed by atoms with Crippen molar-refractivity contribution in [3.8, 4) is 0 Å². The van der Waals surface area contributed by atoms with Gasteiger partial charge >= 0.3 is 0 Å². The topological polar surface area (TPSA) is 66.5 Å². The molecule has 0 radical (unpaired) electrons. The van der Waals surface area contributed by atoms with Crippen LogP contribution in [-0.2, 0) is 16.6 Å². The third-order valence-corrected chi connectivity index (χ3v) is 6.68. The number of nitrogens with one attached hydrogen (secondary N) is 1. The van der Waals surface area contributed by atoms with Gasteiger partial charge in [0.05, 0.1) is 24.2 Å². The number of thioether (sulfide) groups is 1. The summed E-state index contributed by atoms with van der Waals surface area (Å²) in [5.74, 6) is -0.243. The molecule has 0 bridgehead atoms. The average Bonchev–Trinajstić information content (AvgIpc) is 2.73. The number of anilines is 2. The number of aryl methyl sites for hydroxylation is 1. The van der Waals surface area contributed by atoms with Crippen LogP contribution in [0, 0.1) is 6.92 Å². The Hall–Kier alpha value is -2.77. The molecule has 0 aliphatic rings. The van der Waals surface area contributed by atoms with E-state index in [0.29, 0.717) is 11.3 Å². The SMILES string of the molecule is CSc1ccccc1NC(=O)c1ccc(N(Cc2ccccc2C)S(C)(=O)=O)cc1. The van der Waals surface area contributed by atoms with E-state index in [4.69, 9.17) is 0 Å². The number of carbonyl (C=O) groups excluding carboxylic acids is 1. The predicted molar refractivity (Wildman–Crippen MR) is 125 cm³/mol. The van der Waals surface area contributed by atoms with Gasteiger partial charge in [-0.25, -0.2) is 8.42 Å². The van der Waals surface area contributed by atoms with Gasteiger partial charge < -0.3 is 5.32 Å². The molecule has 1 amide bonds. The molecule has 0 fully saturated rings. The summed E-state index contributed by atoms with van der Waals surface area (Å²) in [6.45, 7) is 2.19. The fourth-order valence-corrected chi connectivity index (χ4v) is 4.50. The summed E-state index contributed by atoms with van der Waals surface area (Å²) in [4.78, 5) is 13.6. The third-order valence-electron chi connectivity index (χ3n) is 4.75. The fraction of sp³-hybridized carbons (Fsp3) is 0.174. The summed E-state index contributed by atoms with van der Waals surface area (Å²) < 4.78 is 26.2. The van der Waals surface area contributed by atoms with Crippen LogP contribution in [0.25, 0.3) is 0 Å². The minimum atomic E-state index is -3.49. The Bertz CT molecular complexity index is 1140. The van der Waals surface area contributed by atoms with Gasteiger partial charge in [0, 0.05) is 10.5 Å². The molecule has 0 saturated carbocycles. The smallest absolute Gasteiger partial charge is 0.255 e. The first-order valence-electron chi connectivity index (χ1n) is 9.36. The molecule has 0 unspecified atom stereocenters. The number of carbonyl (C=O) groups is 1. The van der Waals surface area contributed by atoms with Crippen molar-refractivity contribution in [3.63, 3.8) is 0 Å². The lowest BCUT2D eigenvalue weighted by Gasteiger charge is -2.23. The Kier molecular flexibility index (Phi) is 6.84. The number of hydrogen-bond donors (Lipinski definition) is 1. The number of nitrogens with zero attached hydrogens (tertiary/aromatic N) is 1. The van der Waals surface area contributed by atoms with Crippen LogP contribution in [0.5, 0.6) is 0 Å². The monoisotopic (exact) mass is 440 g/mol. The number of para-hydroxylation sites is 1. The van der Waals surface area contributed by atoms with E-state index in [-0.39, 0.29) is 12.5 Å². The number of amides is 1. The van der Waals surface area contributed by atoms with E-state index in [0.717, 1.165) is 21.7 Å². The largest absolute Gasteiger partial charge is 0.321 e. The van der Waals surface area contributed by atoms with E-state index in [9.17, 15) is 13.2 Å². The van der Waals surface area contributed by atoms with Gasteiger partial charge in [0.2, 0.25) is 10.0 Å².